The minimum absolute atomic E-state index is 0.0996. The van der Waals surface area contributed by atoms with Crippen molar-refractivity contribution in [3.8, 4) is 0 Å². The van der Waals surface area contributed by atoms with Crippen molar-refractivity contribution >= 4 is 28.4 Å². The number of fused-ring (bicyclic) bond motifs is 1. The van der Waals surface area contributed by atoms with E-state index in [-0.39, 0.29) is 24.3 Å². The second kappa shape index (κ2) is 9.26. The van der Waals surface area contributed by atoms with Crippen LogP contribution in [-0.4, -0.2) is 44.2 Å². The van der Waals surface area contributed by atoms with Crippen LogP contribution in [-0.2, 0) is 11.3 Å². The minimum atomic E-state index is -0.525. The summed E-state index contributed by atoms with van der Waals surface area (Å²) in [4.78, 5) is 29.4. The highest BCUT2D eigenvalue weighted by molar-refractivity contribution is 6.06. The second-order valence-electron chi connectivity index (χ2n) is 7.82. The smallest absolute Gasteiger partial charge is 0.255 e. The first-order chi connectivity index (χ1) is 15.1. The number of aromatic nitrogens is 3. The lowest BCUT2D eigenvalue weighted by Crippen LogP contribution is -2.32. The topological polar surface area (TPSA) is 109 Å². The van der Waals surface area contributed by atoms with Gasteiger partial charge in [0.05, 0.1) is 35.5 Å². The number of rotatable bonds is 7. The number of aliphatic hydroxyl groups is 1. The van der Waals surface area contributed by atoms with Crippen LogP contribution in [0.4, 0.5) is 5.69 Å². The standard InChI is InChI=1S/C23H27N5O3/c1-2-28-22-18(13-25-28)21(26-16-8-10-17(30)11-9-16)19(12-24-22)23(31)27-20(14-29)15-6-4-3-5-7-15/h3-7,12-13,16,20,29H,2,8-11,14H2,1H3,(H,24,26)(H,27,31)/t20-/m1/s1. The summed E-state index contributed by atoms with van der Waals surface area (Å²) >= 11 is 0. The normalized spacial score (nSPS) is 15.7. The fraction of sp³-hybridized carbons (Fsp3) is 0.391. The molecule has 4 rings (SSSR count). The molecule has 0 saturated heterocycles. The fourth-order valence-electron chi connectivity index (χ4n) is 4.03. The SMILES string of the molecule is CCn1ncc2c(NC3CCC(=O)CC3)c(C(=O)N[C@H](CO)c3ccccc3)cnc21. The fourth-order valence-corrected chi connectivity index (χ4v) is 4.03. The van der Waals surface area contributed by atoms with Crippen molar-refractivity contribution < 1.29 is 14.7 Å². The van der Waals surface area contributed by atoms with Gasteiger partial charge in [-0.2, -0.15) is 5.10 Å². The van der Waals surface area contributed by atoms with E-state index >= 15 is 0 Å². The molecule has 31 heavy (non-hydrogen) atoms. The monoisotopic (exact) mass is 421 g/mol. The van der Waals surface area contributed by atoms with Crippen LogP contribution in [0.5, 0.6) is 0 Å². The Kier molecular flexibility index (Phi) is 6.27. The summed E-state index contributed by atoms with van der Waals surface area (Å²) in [5, 5.41) is 21.4. The molecule has 1 aromatic carbocycles. The number of nitrogens with zero attached hydrogens (tertiary/aromatic N) is 3. The Bertz CT molecular complexity index is 1070. The maximum Gasteiger partial charge on any atom is 0.255 e. The average Bonchev–Trinajstić information content (AvgIpc) is 3.23. The van der Waals surface area contributed by atoms with E-state index in [1.54, 1.807) is 17.1 Å². The largest absolute Gasteiger partial charge is 0.394 e. The molecule has 8 heteroatoms. The third-order valence-electron chi connectivity index (χ3n) is 5.79. The van der Waals surface area contributed by atoms with Gasteiger partial charge in [-0.1, -0.05) is 30.3 Å². The van der Waals surface area contributed by atoms with Crippen LogP contribution in [0, 0.1) is 0 Å². The lowest BCUT2D eigenvalue weighted by Gasteiger charge is -2.25. The first-order valence-electron chi connectivity index (χ1n) is 10.7. The highest BCUT2D eigenvalue weighted by Gasteiger charge is 2.25. The number of aryl methyl sites for hydroxylation is 1. The predicted molar refractivity (Wildman–Crippen MR) is 118 cm³/mol. The molecule has 162 valence electrons. The van der Waals surface area contributed by atoms with E-state index in [9.17, 15) is 14.7 Å². The lowest BCUT2D eigenvalue weighted by atomic mass is 9.94. The molecule has 3 aromatic rings. The zero-order valence-electron chi connectivity index (χ0n) is 17.5. The quantitative estimate of drug-likeness (QED) is 0.541. The third kappa shape index (κ3) is 4.44. The van der Waals surface area contributed by atoms with Crippen LogP contribution >= 0.6 is 0 Å². The summed E-state index contributed by atoms with van der Waals surface area (Å²) < 4.78 is 1.78. The Balaban J connectivity index is 1.67. The number of ketones is 1. The van der Waals surface area contributed by atoms with Crippen molar-refractivity contribution in [1.82, 2.24) is 20.1 Å². The number of hydrogen-bond acceptors (Lipinski definition) is 6. The van der Waals surface area contributed by atoms with E-state index in [1.807, 2.05) is 37.3 Å². The summed E-state index contributed by atoms with van der Waals surface area (Å²) in [5.41, 5.74) is 2.60. The zero-order valence-corrected chi connectivity index (χ0v) is 17.5. The van der Waals surface area contributed by atoms with Crippen LogP contribution in [0.3, 0.4) is 0 Å². The summed E-state index contributed by atoms with van der Waals surface area (Å²) in [6.45, 7) is 2.44. The summed E-state index contributed by atoms with van der Waals surface area (Å²) in [6, 6.07) is 8.94. The molecule has 3 N–H and O–H groups in total. The van der Waals surface area contributed by atoms with Crippen molar-refractivity contribution in [1.29, 1.82) is 0 Å². The number of benzene rings is 1. The maximum absolute atomic E-state index is 13.2. The molecule has 0 unspecified atom stereocenters. The number of pyridine rings is 1. The van der Waals surface area contributed by atoms with E-state index in [4.69, 9.17) is 0 Å². The van der Waals surface area contributed by atoms with Gasteiger partial charge < -0.3 is 15.7 Å². The molecule has 0 bridgehead atoms. The molecule has 0 spiro atoms. The average molecular weight is 422 g/mol. The molecule has 0 aliphatic heterocycles. The van der Waals surface area contributed by atoms with Crippen molar-refractivity contribution in [3.05, 3.63) is 53.9 Å². The van der Waals surface area contributed by atoms with Crippen molar-refractivity contribution in [2.75, 3.05) is 11.9 Å². The number of anilines is 1. The Morgan fingerprint density at radius 2 is 1.97 bits per heavy atom. The van der Waals surface area contributed by atoms with E-state index in [0.717, 1.165) is 23.8 Å². The minimum Gasteiger partial charge on any atom is -0.394 e. The van der Waals surface area contributed by atoms with Gasteiger partial charge in [-0.3, -0.25) is 9.59 Å². The van der Waals surface area contributed by atoms with Crippen LogP contribution in [0.25, 0.3) is 11.0 Å². The highest BCUT2D eigenvalue weighted by atomic mass is 16.3. The Morgan fingerprint density at radius 1 is 1.23 bits per heavy atom. The maximum atomic E-state index is 13.2. The van der Waals surface area contributed by atoms with E-state index in [1.165, 1.54) is 0 Å². The Morgan fingerprint density at radius 3 is 2.65 bits per heavy atom. The van der Waals surface area contributed by atoms with E-state index in [2.05, 4.69) is 20.7 Å². The molecule has 0 radical (unpaired) electrons. The van der Waals surface area contributed by atoms with Crippen molar-refractivity contribution in [2.24, 2.45) is 0 Å². The number of aliphatic hydroxyl groups excluding tert-OH is 1. The number of Topliss-reactive ketones (excluding diaryl/α,β-unsaturated/α-hetero) is 1. The van der Waals surface area contributed by atoms with Crippen LogP contribution in [0.1, 0.15) is 54.6 Å². The van der Waals surface area contributed by atoms with Crippen molar-refractivity contribution in [2.45, 2.75) is 51.2 Å². The molecule has 1 aliphatic carbocycles. The van der Waals surface area contributed by atoms with Gasteiger partial charge in [-0.15, -0.1) is 0 Å². The summed E-state index contributed by atoms with van der Waals surface area (Å²) in [7, 11) is 0. The molecule has 2 aromatic heterocycles. The summed E-state index contributed by atoms with van der Waals surface area (Å²) in [5.74, 6) is -0.0423. The number of amides is 1. The van der Waals surface area contributed by atoms with Gasteiger partial charge in [-0.25, -0.2) is 9.67 Å². The number of nitrogens with one attached hydrogen (secondary N) is 2. The number of hydrogen-bond donors (Lipinski definition) is 3. The Hall–Kier alpha value is -3.26. The van der Waals surface area contributed by atoms with Gasteiger partial charge in [0.25, 0.3) is 5.91 Å². The zero-order chi connectivity index (χ0) is 21.8. The second-order valence-corrected chi connectivity index (χ2v) is 7.82. The molecule has 1 atom stereocenters. The van der Waals surface area contributed by atoms with Crippen LogP contribution in [0.15, 0.2) is 42.7 Å². The van der Waals surface area contributed by atoms with Gasteiger partial charge in [0.1, 0.15) is 5.78 Å². The van der Waals surface area contributed by atoms with Crippen LogP contribution in [0.2, 0.25) is 0 Å². The molecule has 2 heterocycles. The van der Waals surface area contributed by atoms with Gasteiger partial charge in [0.15, 0.2) is 5.65 Å². The molecule has 1 fully saturated rings. The first kappa shape index (κ1) is 21.0. The molecular weight excluding hydrogens is 394 g/mol. The number of carbonyl (C=O) groups excluding carboxylic acids is 2. The van der Waals surface area contributed by atoms with Crippen LogP contribution < -0.4 is 10.6 Å². The lowest BCUT2D eigenvalue weighted by molar-refractivity contribution is -0.120. The first-order valence-corrected chi connectivity index (χ1v) is 10.7. The molecule has 1 aliphatic rings. The highest BCUT2D eigenvalue weighted by Crippen LogP contribution is 2.30. The third-order valence-corrected chi connectivity index (χ3v) is 5.79. The molecule has 1 saturated carbocycles. The van der Waals surface area contributed by atoms with Gasteiger partial charge in [0.2, 0.25) is 0 Å². The van der Waals surface area contributed by atoms with Crippen molar-refractivity contribution in [3.63, 3.8) is 0 Å². The Labute approximate surface area is 180 Å². The molecule has 1 amide bonds. The van der Waals surface area contributed by atoms with Gasteiger partial charge in [-0.05, 0) is 25.3 Å². The van der Waals surface area contributed by atoms with Gasteiger partial charge in [0, 0.05) is 31.6 Å². The van der Waals surface area contributed by atoms with E-state index < -0.39 is 6.04 Å². The van der Waals surface area contributed by atoms with Gasteiger partial charge >= 0.3 is 0 Å². The molecular formula is C23H27N5O3. The molecule has 8 nitrogen and oxygen atoms in total. The van der Waals surface area contributed by atoms with E-state index in [0.29, 0.717) is 36.3 Å². The predicted octanol–water partition coefficient (Wildman–Crippen LogP) is 2.84. The summed E-state index contributed by atoms with van der Waals surface area (Å²) in [6.07, 6.45) is 5.83. The number of carbonyl (C=O) groups is 2.